The number of hydrogen-bond acceptors (Lipinski definition) is 2. The maximum Gasteiger partial charge on any atom is 0.140 e. The minimum absolute atomic E-state index is 0.645. The van der Waals surface area contributed by atoms with Crippen molar-refractivity contribution < 1.29 is 0 Å². The number of pyridine rings is 1. The maximum atomic E-state index is 6.24. The molecule has 0 aliphatic carbocycles. The van der Waals surface area contributed by atoms with Crippen molar-refractivity contribution in [2.75, 3.05) is 5.73 Å². The lowest BCUT2D eigenvalue weighted by Gasteiger charge is -2.06. The number of unbranched alkanes of at least 4 members (excludes halogenated alkanes) is 2. The zero-order valence-electron chi connectivity index (χ0n) is 17.9. The molecule has 0 unspecified atom stereocenters. The highest BCUT2D eigenvalue weighted by atomic mass is 14.9. The highest BCUT2D eigenvalue weighted by Crippen LogP contribution is 2.32. The van der Waals surface area contributed by atoms with Crippen LogP contribution >= 0.6 is 0 Å². The molecule has 0 saturated heterocycles. The van der Waals surface area contributed by atoms with Crippen LogP contribution in [-0.2, 0) is 6.42 Å². The molecule has 0 aliphatic heterocycles. The maximum absolute atomic E-state index is 6.24. The van der Waals surface area contributed by atoms with Crippen LogP contribution in [0.1, 0.15) is 31.7 Å². The summed E-state index contributed by atoms with van der Waals surface area (Å²) in [5.74, 6) is 0.645. The van der Waals surface area contributed by atoms with Gasteiger partial charge in [0, 0.05) is 16.3 Å². The minimum atomic E-state index is 0.645. The van der Waals surface area contributed by atoms with E-state index in [0.29, 0.717) is 5.82 Å². The first-order valence-corrected chi connectivity index (χ1v) is 11.1. The normalized spacial score (nSPS) is 11.4. The van der Waals surface area contributed by atoms with Crippen LogP contribution in [0.5, 0.6) is 0 Å². The average Bonchev–Trinajstić information content (AvgIpc) is 3.16. The number of nitrogens with one attached hydrogen (secondary N) is 1. The third-order valence-corrected chi connectivity index (χ3v) is 6.07. The fraction of sp³-hybridized carbons (Fsp3) is 0.179. The number of aryl methyl sites for hydroxylation is 1. The van der Waals surface area contributed by atoms with Crippen LogP contribution in [0, 0.1) is 0 Å². The number of H-pyrrole nitrogens is 1. The second-order valence-corrected chi connectivity index (χ2v) is 8.21. The molecule has 0 saturated carbocycles. The van der Waals surface area contributed by atoms with Crippen molar-refractivity contribution in [3.8, 4) is 22.3 Å². The summed E-state index contributed by atoms with van der Waals surface area (Å²) in [5, 5.41) is 2.35. The number of hydrogen-bond donors (Lipinski definition) is 2. The van der Waals surface area contributed by atoms with E-state index >= 15 is 0 Å². The number of aromatic nitrogens is 2. The van der Waals surface area contributed by atoms with Gasteiger partial charge in [-0.05, 0) is 58.9 Å². The van der Waals surface area contributed by atoms with Crippen molar-refractivity contribution in [1.82, 2.24) is 9.97 Å². The topological polar surface area (TPSA) is 54.7 Å². The number of rotatable bonds is 6. The molecular formula is C28H27N3. The molecule has 0 fully saturated rings. The molecule has 0 amide bonds. The van der Waals surface area contributed by atoms with Crippen LogP contribution in [0.3, 0.4) is 0 Å². The van der Waals surface area contributed by atoms with Gasteiger partial charge in [0.15, 0.2) is 0 Å². The van der Waals surface area contributed by atoms with Gasteiger partial charge in [-0.3, -0.25) is 0 Å². The van der Waals surface area contributed by atoms with E-state index in [9.17, 15) is 0 Å². The van der Waals surface area contributed by atoms with E-state index in [1.807, 2.05) is 6.07 Å². The smallest absolute Gasteiger partial charge is 0.140 e. The largest absolute Gasteiger partial charge is 0.383 e. The molecule has 2 heterocycles. The number of fused-ring (bicyclic) bond motifs is 3. The lowest BCUT2D eigenvalue weighted by molar-refractivity contribution is 0.718. The Kier molecular flexibility index (Phi) is 5.17. The lowest BCUT2D eigenvalue weighted by atomic mass is 9.99. The highest BCUT2D eigenvalue weighted by molar-refractivity contribution is 6.08. The zero-order chi connectivity index (χ0) is 21.2. The van der Waals surface area contributed by atoms with Crippen LogP contribution in [-0.4, -0.2) is 9.97 Å². The third kappa shape index (κ3) is 3.79. The number of anilines is 1. The summed E-state index contributed by atoms with van der Waals surface area (Å²) in [7, 11) is 0. The van der Waals surface area contributed by atoms with Crippen molar-refractivity contribution in [2.24, 2.45) is 0 Å². The van der Waals surface area contributed by atoms with Gasteiger partial charge in [0.25, 0.3) is 0 Å². The second-order valence-electron chi connectivity index (χ2n) is 8.21. The van der Waals surface area contributed by atoms with Gasteiger partial charge < -0.3 is 10.7 Å². The zero-order valence-corrected chi connectivity index (χ0v) is 17.9. The Balaban J connectivity index is 1.52. The predicted octanol–water partition coefficient (Wildman–Crippen LogP) is 7.37. The summed E-state index contributed by atoms with van der Waals surface area (Å²) in [6.07, 6.45) is 4.55. The molecule has 0 atom stereocenters. The van der Waals surface area contributed by atoms with Crippen molar-refractivity contribution >= 4 is 27.8 Å². The molecule has 3 heteroatoms. The summed E-state index contributed by atoms with van der Waals surface area (Å²) in [4.78, 5) is 8.09. The van der Waals surface area contributed by atoms with Crippen LogP contribution in [0.25, 0.3) is 44.2 Å². The van der Waals surface area contributed by atoms with Gasteiger partial charge in [0.1, 0.15) is 11.5 Å². The number of benzene rings is 3. The summed E-state index contributed by atoms with van der Waals surface area (Å²) in [6.45, 7) is 2.22. The Morgan fingerprint density at radius 1 is 0.742 bits per heavy atom. The quantitative estimate of drug-likeness (QED) is 0.290. The minimum Gasteiger partial charge on any atom is -0.383 e. The molecule has 3 N–H and O–H groups in total. The van der Waals surface area contributed by atoms with Gasteiger partial charge in [-0.1, -0.05) is 80.4 Å². The monoisotopic (exact) mass is 405 g/mol. The van der Waals surface area contributed by atoms with E-state index in [2.05, 4.69) is 89.7 Å². The predicted molar refractivity (Wildman–Crippen MR) is 132 cm³/mol. The molecule has 0 aliphatic rings. The second kappa shape index (κ2) is 8.27. The molecular weight excluding hydrogens is 378 g/mol. The Hall–Kier alpha value is -3.59. The van der Waals surface area contributed by atoms with Crippen LogP contribution < -0.4 is 5.73 Å². The Bertz CT molecular complexity index is 1330. The standard InChI is InChI=1S/C28H27N3/c1-2-3-5-10-23-18-25-24-17-22(15-16-26(24)30-28(25)31-27(23)29)21-13-11-20(12-14-21)19-8-6-4-7-9-19/h4,6-9,11-18H,2-3,5,10H2,1H3,(H3,29,30,31). The van der Waals surface area contributed by atoms with E-state index in [4.69, 9.17) is 5.73 Å². The van der Waals surface area contributed by atoms with E-state index in [1.54, 1.807) is 0 Å². The van der Waals surface area contributed by atoms with Crippen molar-refractivity contribution in [1.29, 1.82) is 0 Å². The molecule has 3 aromatic carbocycles. The first-order chi connectivity index (χ1) is 15.2. The molecule has 2 aromatic heterocycles. The molecule has 154 valence electrons. The van der Waals surface area contributed by atoms with Crippen molar-refractivity contribution in [3.63, 3.8) is 0 Å². The molecule has 0 bridgehead atoms. The molecule has 0 spiro atoms. The summed E-state index contributed by atoms with van der Waals surface area (Å²) < 4.78 is 0. The number of nitrogen functional groups attached to an aromatic ring is 1. The fourth-order valence-electron chi connectivity index (χ4n) is 4.30. The number of aromatic amines is 1. The van der Waals surface area contributed by atoms with Crippen molar-refractivity contribution in [3.05, 3.63) is 84.4 Å². The Labute approximate surface area is 183 Å². The first kappa shape index (κ1) is 19.4. The molecule has 0 radical (unpaired) electrons. The van der Waals surface area contributed by atoms with Gasteiger partial charge in [-0.15, -0.1) is 0 Å². The Morgan fingerprint density at radius 2 is 1.42 bits per heavy atom. The van der Waals surface area contributed by atoms with Gasteiger partial charge in [-0.25, -0.2) is 4.98 Å². The summed E-state index contributed by atoms with van der Waals surface area (Å²) in [6, 6.07) is 28.1. The van der Waals surface area contributed by atoms with Gasteiger partial charge >= 0.3 is 0 Å². The molecule has 5 rings (SSSR count). The SMILES string of the molecule is CCCCCc1cc2c(nc1N)[nH]c1ccc(-c3ccc(-c4ccccc4)cc3)cc12. The van der Waals surface area contributed by atoms with Gasteiger partial charge in [0.2, 0.25) is 0 Å². The Morgan fingerprint density at radius 3 is 2.16 bits per heavy atom. The summed E-state index contributed by atoms with van der Waals surface area (Å²) in [5.41, 5.74) is 14.2. The van der Waals surface area contributed by atoms with Crippen LogP contribution in [0.15, 0.2) is 78.9 Å². The van der Waals surface area contributed by atoms with Crippen molar-refractivity contribution in [2.45, 2.75) is 32.6 Å². The lowest BCUT2D eigenvalue weighted by Crippen LogP contribution is -1.98. The molecule has 31 heavy (non-hydrogen) atoms. The fourth-order valence-corrected chi connectivity index (χ4v) is 4.30. The van der Waals surface area contributed by atoms with E-state index in [-0.39, 0.29) is 0 Å². The van der Waals surface area contributed by atoms with E-state index in [1.165, 1.54) is 40.5 Å². The molecule has 3 nitrogen and oxygen atoms in total. The average molecular weight is 406 g/mol. The van der Waals surface area contributed by atoms with E-state index < -0.39 is 0 Å². The van der Waals surface area contributed by atoms with Crippen LogP contribution in [0.2, 0.25) is 0 Å². The van der Waals surface area contributed by atoms with E-state index in [0.717, 1.165) is 35.0 Å². The summed E-state index contributed by atoms with van der Waals surface area (Å²) >= 11 is 0. The first-order valence-electron chi connectivity index (χ1n) is 11.1. The van der Waals surface area contributed by atoms with Crippen LogP contribution in [0.4, 0.5) is 5.82 Å². The number of nitrogens with two attached hydrogens (primary N) is 1. The van der Waals surface area contributed by atoms with Gasteiger partial charge in [-0.2, -0.15) is 0 Å². The number of nitrogens with zero attached hydrogens (tertiary/aromatic N) is 1. The third-order valence-electron chi connectivity index (χ3n) is 6.07. The molecule has 5 aromatic rings. The highest BCUT2D eigenvalue weighted by Gasteiger charge is 2.11. The van der Waals surface area contributed by atoms with Gasteiger partial charge in [0.05, 0.1) is 0 Å².